The summed E-state index contributed by atoms with van der Waals surface area (Å²) in [6.07, 6.45) is 22.2. The van der Waals surface area contributed by atoms with E-state index < -0.39 is 17.7 Å². The average Bonchev–Trinajstić information content (AvgIpc) is 4.26. The second-order valence-electron chi connectivity index (χ2n) is 21.9. The van der Waals surface area contributed by atoms with Crippen molar-refractivity contribution in [2.24, 2.45) is 35.0 Å². The SMILES string of the molecule is Cc1ccc(-c2cc3c(CC4CCCCC4)nnc(C(N)=O)c3s2)cc1.Cc1ccc(-c2cc3c(CC4CCCCC4)nnc(C(N)=O)c3s2)cc1.Cc1ccc(-c2cc3c(CC4CCCCC4)nnc(C(N)=O)c3s2)cc1. The lowest BCUT2D eigenvalue weighted by molar-refractivity contribution is 0.0988. The lowest BCUT2D eigenvalue weighted by Crippen LogP contribution is -2.16. The van der Waals surface area contributed by atoms with Crippen LogP contribution in [0.5, 0.6) is 0 Å². The van der Waals surface area contributed by atoms with E-state index in [9.17, 15) is 14.4 Å². The maximum atomic E-state index is 11.8. The molecule has 0 saturated heterocycles. The van der Waals surface area contributed by atoms with E-state index in [0.717, 1.165) is 97.9 Å². The first kappa shape index (κ1) is 54.5. The summed E-state index contributed by atoms with van der Waals surface area (Å²) in [5.74, 6) is 0.479. The van der Waals surface area contributed by atoms with Gasteiger partial charge in [0, 0.05) is 30.8 Å². The van der Waals surface area contributed by atoms with Crippen LogP contribution >= 0.6 is 34.0 Å². The van der Waals surface area contributed by atoms with Gasteiger partial charge in [0.1, 0.15) is 0 Å². The third-order valence-corrected chi connectivity index (χ3v) is 19.5. The highest BCUT2D eigenvalue weighted by Crippen LogP contribution is 2.41. The average molecular weight is 1100 g/mol. The zero-order valence-electron chi connectivity index (χ0n) is 45.0. The molecular formula is C63H69N9O3S3. The van der Waals surface area contributed by atoms with Crippen LogP contribution in [-0.4, -0.2) is 48.3 Å². The molecule has 12 nitrogen and oxygen atoms in total. The molecule has 78 heavy (non-hydrogen) atoms. The fraction of sp³-hybridized carbons (Fsp3) is 0.381. The number of amides is 3. The highest BCUT2D eigenvalue weighted by Gasteiger charge is 2.25. The minimum Gasteiger partial charge on any atom is -0.364 e. The van der Waals surface area contributed by atoms with Gasteiger partial charge in [0.2, 0.25) is 0 Å². The molecule has 3 aromatic carbocycles. The number of aromatic nitrogens is 6. The number of benzene rings is 3. The van der Waals surface area contributed by atoms with Gasteiger partial charge in [0.25, 0.3) is 17.7 Å². The number of aryl methyl sites for hydroxylation is 3. The van der Waals surface area contributed by atoms with E-state index in [0.29, 0.717) is 17.8 Å². The number of thiophene rings is 3. The lowest BCUT2D eigenvalue weighted by Gasteiger charge is -2.21. The monoisotopic (exact) mass is 1100 g/mol. The van der Waals surface area contributed by atoms with Crippen molar-refractivity contribution in [2.45, 2.75) is 136 Å². The van der Waals surface area contributed by atoms with E-state index in [4.69, 9.17) is 17.2 Å². The molecule has 3 amide bonds. The van der Waals surface area contributed by atoms with Gasteiger partial charge in [-0.15, -0.1) is 49.3 Å². The largest absolute Gasteiger partial charge is 0.364 e. The summed E-state index contributed by atoms with van der Waals surface area (Å²) in [6, 6.07) is 31.8. The van der Waals surface area contributed by atoms with Crippen LogP contribution < -0.4 is 17.2 Å². The first-order valence-electron chi connectivity index (χ1n) is 27.8. The molecule has 9 aromatic rings. The fourth-order valence-electron chi connectivity index (χ4n) is 11.5. The Kier molecular flexibility index (Phi) is 17.4. The van der Waals surface area contributed by atoms with E-state index >= 15 is 0 Å². The van der Waals surface area contributed by atoms with Crippen LogP contribution in [0.2, 0.25) is 0 Å². The van der Waals surface area contributed by atoms with E-state index in [-0.39, 0.29) is 17.1 Å². The van der Waals surface area contributed by atoms with Crippen molar-refractivity contribution in [1.82, 2.24) is 30.6 Å². The first-order chi connectivity index (χ1) is 37.8. The van der Waals surface area contributed by atoms with E-state index in [1.165, 1.54) is 113 Å². The molecule has 3 aliphatic carbocycles. The Morgan fingerprint density at radius 2 is 0.628 bits per heavy atom. The fourth-order valence-corrected chi connectivity index (χ4v) is 15.0. The number of hydrogen-bond donors (Lipinski definition) is 3. The van der Waals surface area contributed by atoms with Crippen LogP contribution in [0.1, 0.15) is 162 Å². The normalized spacial score (nSPS) is 15.4. The molecule has 0 aliphatic heterocycles. The molecule has 6 N–H and O–H groups in total. The molecule has 15 heteroatoms. The van der Waals surface area contributed by atoms with Crippen molar-refractivity contribution < 1.29 is 14.4 Å². The smallest absolute Gasteiger partial charge is 0.270 e. The first-order valence-corrected chi connectivity index (χ1v) is 30.3. The number of hydrogen-bond acceptors (Lipinski definition) is 12. The van der Waals surface area contributed by atoms with Crippen LogP contribution in [0.4, 0.5) is 0 Å². The number of carbonyl (C=O) groups excluding carboxylic acids is 3. The standard InChI is InChI=1S/3C21H23N3OS/c3*1-13-7-9-15(10-8-13)18-12-16-17(11-14-5-3-2-4-6-14)23-24-19(21(22)25)20(16)26-18/h3*7-10,12,14H,2-6,11H2,1H3,(H2,22,25). The molecule has 6 aromatic heterocycles. The second kappa shape index (κ2) is 24.9. The molecule has 3 aliphatic rings. The van der Waals surface area contributed by atoms with Crippen LogP contribution in [-0.2, 0) is 19.3 Å². The van der Waals surface area contributed by atoms with Gasteiger partial charge in [-0.2, -0.15) is 15.3 Å². The molecule has 0 unspecified atom stereocenters. The Bertz CT molecular complexity index is 3190. The minimum atomic E-state index is -0.510. The number of rotatable bonds is 12. The molecular weight excluding hydrogens is 1030 g/mol. The number of fused-ring (bicyclic) bond motifs is 3. The third kappa shape index (κ3) is 12.9. The molecule has 0 bridgehead atoms. The quantitative estimate of drug-likeness (QED) is 0.106. The van der Waals surface area contributed by atoms with Gasteiger partial charge in [-0.25, -0.2) is 0 Å². The van der Waals surface area contributed by atoms with Crippen molar-refractivity contribution in [1.29, 1.82) is 0 Å². The van der Waals surface area contributed by atoms with Gasteiger partial charge in [-0.1, -0.05) is 186 Å². The molecule has 3 fully saturated rings. The maximum absolute atomic E-state index is 11.8. The van der Waals surface area contributed by atoms with E-state index in [2.05, 4.69) is 142 Å². The topological polar surface area (TPSA) is 207 Å². The third-order valence-electron chi connectivity index (χ3n) is 15.9. The predicted octanol–water partition coefficient (Wildman–Crippen LogP) is 14.7. The second-order valence-corrected chi connectivity index (χ2v) is 25.0. The predicted molar refractivity (Wildman–Crippen MR) is 319 cm³/mol. The summed E-state index contributed by atoms with van der Waals surface area (Å²) in [6.45, 7) is 6.24. The van der Waals surface area contributed by atoms with Crippen molar-refractivity contribution >= 4 is 82.0 Å². The summed E-state index contributed by atoms with van der Waals surface area (Å²) >= 11 is 4.75. The van der Waals surface area contributed by atoms with Gasteiger partial charge in [0.05, 0.1) is 31.2 Å². The Morgan fingerprint density at radius 3 is 0.859 bits per heavy atom. The van der Waals surface area contributed by atoms with E-state index in [1.807, 2.05) is 0 Å². The zero-order chi connectivity index (χ0) is 54.3. The highest BCUT2D eigenvalue weighted by atomic mass is 32.1. The highest BCUT2D eigenvalue weighted by molar-refractivity contribution is 7.23. The molecule has 0 atom stereocenters. The zero-order valence-corrected chi connectivity index (χ0v) is 47.4. The molecule has 0 radical (unpaired) electrons. The molecule has 12 rings (SSSR count). The van der Waals surface area contributed by atoms with Crippen LogP contribution in [0.3, 0.4) is 0 Å². The Labute approximate surface area is 468 Å². The van der Waals surface area contributed by atoms with Crippen molar-refractivity contribution in [3.05, 3.63) is 142 Å². The van der Waals surface area contributed by atoms with Crippen LogP contribution in [0.25, 0.3) is 61.6 Å². The summed E-state index contributed by atoms with van der Waals surface area (Å²) in [5, 5.41) is 28.9. The van der Waals surface area contributed by atoms with Gasteiger partial charge in [-0.3, -0.25) is 14.4 Å². The Balaban J connectivity index is 0.000000132. The van der Waals surface area contributed by atoms with Crippen molar-refractivity contribution in [2.75, 3.05) is 0 Å². The molecule has 402 valence electrons. The van der Waals surface area contributed by atoms with Gasteiger partial charge >= 0.3 is 0 Å². The number of primary amides is 3. The van der Waals surface area contributed by atoms with Gasteiger partial charge in [-0.05, 0) is 92.7 Å². The summed E-state index contributed by atoms with van der Waals surface area (Å²) in [5.41, 5.74) is 27.7. The minimum absolute atomic E-state index is 0.288. The molecule has 3 saturated carbocycles. The maximum Gasteiger partial charge on any atom is 0.270 e. The van der Waals surface area contributed by atoms with Crippen LogP contribution in [0.15, 0.2) is 91.0 Å². The molecule has 0 spiro atoms. The van der Waals surface area contributed by atoms with Crippen molar-refractivity contribution in [3.63, 3.8) is 0 Å². The number of nitrogens with zero attached hydrogens (tertiary/aromatic N) is 6. The summed E-state index contributed by atoms with van der Waals surface area (Å²) in [7, 11) is 0. The van der Waals surface area contributed by atoms with Crippen LogP contribution in [0, 0.1) is 38.5 Å². The number of carbonyl (C=O) groups is 3. The Morgan fingerprint density at radius 1 is 0.385 bits per heavy atom. The van der Waals surface area contributed by atoms with Gasteiger partial charge in [0.15, 0.2) is 17.1 Å². The lowest BCUT2D eigenvalue weighted by atomic mass is 9.85. The van der Waals surface area contributed by atoms with E-state index in [1.54, 1.807) is 34.0 Å². The number of nitrogens with two attached hydrogens (primary N) is 3. The van der Waals surface area contributed by atoms with Gasteiger partial charge < -0.3 is 17.2 Å². The Hall–Kier alpha value is -6.81. The summed E-state index contributed by atoms with van der Waals surface area (Å²) < 4.78 is 2.61. The summed E-state index contributed by atoms with van der Waals surface area (Å²) in [4.78, 5) is 38.9. The molecule has 6 heterocycles. The van der Waals surface area contributed by atoms with Crippen molar-refractivity contribution in [3.8, 4) is 31.3 Å².